The second-order valence-corrected chi connectivity index (χ2v) is 6.95. The van der Waals surface area contributed by atoms with E-state index >= 15 is 0 Å². The molecule has 2 aromatic carbocycles. The number of carbonyl (C=O) groups excluding carboxylic acids is 2. The van der Waals surface area contributed by atoms with Gasteiger partial charge in [-0.3, -0.25) is 14.3 Å². The first kappa shape index (κ1) is 18.4. The van der Waals surface area contributed by atoms with Crippen LogP contribution in [0.25, 0.3) is 0 Å². The van der Waals surface area contributed by atoms with Crippen LogP contribution >= 0.6 is 0 Å². The molecule has 0 radical (unpaired) electrons. The Hall–Kier alpha value is -2.93. The topological polar surface area (TPSA) is 92.3 Å². The molecule has 0 aliphatic rings. The molecular weight excluding hydrogens is 340 g/mol. The summed E-state index contributed by atoms with van der Waals surface area (Å²) in [7, 11) is -3.86. The average Bonchev–Trinajstić information content (AvgIpc) is 2.60. The molecule has 6 nitrogen and oxygen atoms in total. The minimum Gasteiger partial charge on any atom is -0.349 e. The number of anilines is 1. The van der Waals surface area contributed by atoms with E-state index in [0.717, 1.165) is 0 Å². The molecule has 0 aliphatic heterocycles. The maximum atomic E-state index is 12.5. The van der Waals surface area contributed by atoms with E-state index in [0.29, 0.717) is 11.3 Å². The molecule has 0 fully saturated rings. The van der Waals surface area contributed by atoms with Crippen LogP contribution in [0.15, 0.2) is 66.1 Å². The van der Waals surface area contributed by atoms with E-state index in [1.807, 2.05) is 0 Å². The van der Waals surface area contributed by atoms with Crippen molar-refractivity contribution >= 4 is 27.4 Å². The number of amides is 1. The van der Waals surface area contributed by atoms with Crippen molar-refractivity contribution < 1.29 is 18.0 Å². The van der Waals surface area contributed by atoms with Gasteiger partial charge in [-0.2, -0.15) is 0 Å². The van der Waals surface area contributed by atoms with Crippen LogP contribution < -0.4 is 10.0 Å². The second-order valence-electron chi connectivity index (χ2n) is 5.27. The molecule has 2 rings (SSSR count). The smallest absolute Gasteiger partial charge is 0.261 e. The maximum absolute atomic E-state index is 12.5. The van der Waals surface area contributed by atoms with Crippen LogP contribution in [0.4, 0.5) is 5.69 Å². The molecule has 0 atom stereocenters. The monoisotopic (exact) mass is 358 g/mol. The fraction of sp³-hybridized carbons (Fsp3) is 0.111. The Morgan fingerprint density at radius 1 is 1.08 bits per heavy atom. The Morgan fingerprint density at radius 2 is 1.76 bits per heavy atom. The Labute approximate surface area is 146 Å². The first-order valence-electron chi connectivity index (χ1n) is 7.46. The van der Waals surface area contributed by atoms with Gasteiger partial charge >= 0.3 is 0 Å². The van der Waals surface area contributed by atoms with Crippen molar-refractivity contribution in [1.29, 1.82) is 0 Å². The van der Waals surface area contributed by atoms with E-state index in [4.69, 9.17) is 0 Å². The van der Waals surface area contributed by atoms with Gasteiger partial charge in [-0.15, -0.1) is 6.58 Å². The number of hydrogen-bond acceptors (Lipinski definition) is 4. The van der Waals surface area contributed by atoms with Crippen molar-refractivity contribution in [2.75, 3.05) is 11.3 Å². The van der Waals surface area contributed by atoms with Gasteiger partial charge in [0.25, 0.3) is 15.9 Å². The van der Waals surface area contributed by atoms with E-state index in [-0.39, 0.29) is 28.7 Å². The zero-order valence-corrected chi connectivity index (χ0v) is 14.5. The van der Waals surface area contributed by atoms with Crippen molar-refractivity contribution in [3.05, 3.63) is 72.3 Å². The summed E-state index contributed by atoms with van der Waals surface area (Å²) in [4.78, 5) is 23.2. The largest absolute Gasteiger partial charge is 0.349 e. The van der Waals surface area contributed by atoms with E-state index in [2.05, 4.69) is 16.6 Å². The summed E-state index contributed by atoms with van der Waals surface area (Å²) in [6.07, 6.45) is 1.53. The molecular formula is C18H18N2O4S. The van der Waals surface area contributed by atoms with Gasteiger partial charge in [0.15, 0.2) is 5.78 Å². The molecule has 0 bridgehead atoms. The highest BCUT2D eigenvalue weighted by atomic mass is 32.2. The lowest BCUT2D eigenvalue weighted by molar-refractivity contribution is 0.0956. The van der Waals surface area contributed by atoms with Crippen molar-refractivity contribution in [2.24, 2.45) is 0 Å². The Morgan fingerprint density at radius 3 is 2.36 bits per heavy atom. The number of rotatable bonds is 7. The van der Waals surface area contributed by atoms with Crippen LogP contribution in [-0.4, -0.2) is 26.7 Å². The molecule has 0 aliphatic carbocycles. The van der Waals surface area contributed by atoms with E-state index < -0.39 is 10.0 Å². The number of nitrogens with one attached hydrogen (secondary N) is 2. The van der Waals surface area contributed by atoms with Crippen LogP contribution in [0.2, 0.25) is 0 Å². The molecule has 7 heteroatoms. The highest BCUT2D eigenvalue weighted by Crippen LogP contribution is 2.18. The third kappa shape index (κ3) is 4.77. The first-order valence-corrected chi connectivity index (χ1v) is 8.95. The highest BCUT2D eigenvalue weighted by molar-refractivity contribution is 7.92. The molecule has 0 saturated carbocycles. The fourth-order valence-electron chi connectivity index (χ4n) is 2.06. The van der Waals surface area contributed by atoms with Crippen LogP contribution in [0.1, 0.15) is 27.6 Å². The molecule has 2 aromatic rings. The van der Waals surface area contributed by atoms with Gasteiger partial charge in [0.05, 0.1) is 4.90 Å². The van der Waals surface area contributed by atoms with Gasteiger partial charge < -0.3 is 5.32 Å². The Bertz CT molecular complexity index is 903. The summed E-state index contributed by atoms with van der Waals surface area (Å²) in [6.45, 7) is 5.23. The summed E-state index contributed by atoms with van der Waals surface area (Å²) in [5.41, 5.74) is 1.05. The van der Waals surface area contributed by atoms with Crippen molar-refractivity contribution in [3.63, 3.8) is 0 Å². The maximum Gasteiger partial charge on any atom is 0.261 e. The van der Waals surface area contributed by atoms with Gasteiger partial charge in [-0.1, -0.05) is 12.1 Å². The van der Waals surface area contributed by atoms with E-state index in [1.165, 1.54) is 49.4 Å². The molecule has 0 heterocycles. The summed E-state index contributed by atoms with van der Waals surface area (Å²) in [6, 6.07) is 11.8. The molecule has 130 valence electrons. The number of hydrogen-bond donors (Lipinski definition) is 2. The number of sulfonamides is 1. The zero-order chi connectivity index (χ0) is 18.4. The summed E-state index contributed by atoms with van der Waals surface area (Å²) in [5, 5.41) is 2.59. The first-order chi connectivity index (χ1) is 11.8. The van der Waals surface area contributed by atoms with Crippen LogP contribution in [-0.2, 0) is 10.0 Å². The molecule has 0 aromatic heterocycles. The van der Waals surface area contributed by atoms with Gasteiger partial charge in [-0.05, 0) is 49.4 Å². The third-order valence-corrected chi connectivity index (χ3v) is 4.74. The van der Waals surface area contributed by atoms with Gasteiger partial charge in [0.1, 0.15) is 0 Å². The lowest BCUT2D eigenvalue weighted by Gasteiger charge is -2.10. The third-order valence-electron chi connectivity index (χ3n) is 3.36. The summed E-state index contributed by atoms with van der Waals surface area (Å²) in [5.74, 6) is -0.490. The second kappa shape index (κ2) is 7.76. The number of ketones is 1. The van der Waals surface area contributed by atoms with Crippen LogP contribution in [0, 0.1) is 0 Å². The van der Waals surface area contributed by atoms with Crippen LogP contribution in [0.5, 0.6) is 0 Å². The fourth-order valence-corrected chi connectivity index (χ4v) is 3.16. The van der Waals surface area contributed by atoms with Gasteiger partial charge in [0.2, 0.25) is 0 Å². The minimum atomic E-state index is -3.86. The van der Waals surface area contributed by atoms with Crippen LogP contribution in [0.3, 0.4) is 0 Å². The molecule has 0 spiro atoms. The number of carbonyl (C=O) groups is 2. The predicted molar refractivity (Wildman–Crippen MR) is 96.2 cm³/mol. The SMILES string of the molecule is C=CCNC(=O)c1cccc(S(=O)(=O)Nc2ccc(C(C)=O)cc2)c1. The molecule has 0 saturated heterocycles. The van der Waals surface area contributed by atoms with Crippen molar-refractivity contribution in [1.82, 2.24) is 5.32 Å². The lowest BCUT2D eigenvalue weighted by Crippen LogP contribution is -2.23. The Balaban J connectivity index is 2.22. The van der Waals surface area contributed by atoms with Crippen molar-refractivity contribution in [2.45, 2.75) is 11.8 Å². The normalized spacial score (nSPS) is 10.8. The minimum absolute atomic E-state index is 0.0330. The molecule has 0 unspecified atom stereocenters. The van der Waals surface area contributed by atoms with Gasteiger partial charge in [0, 0.05) is 23.4 Å². The molecule has 2 N–H and O–H groups in total. The number of benzene rings is 2. The Kier molecular flexibility index (Phi) is 5.71. The van der Waals surface area contributed by atoms with Crippen molar-refractivity contribution in [3.8, 4) is 0 Å². The summed E-state index contributed by atoms with van der Waals surface area (Å²) < 4.78 is 27.4. The molecule has 25 heavy (non-hydrogen) atoms. The predicted octanol–water partition coefficient (Wildman–Crippen LogP) is 2.61. The summed E-state index contributed by atoms with van der Waals surface area (Å²) >= 11 is 0. The average molecular weight is 358 g/mol. The standard InChI is InChI=1S/C18H18N2O4S/c1-3-11-19-18(22)15-5-4-6-17(12-15)25(23,24)20-16-9-7-14(8-10-16)13(2)21/h3-10,12,20H,1,11H2,2H3,(H,19,22). The quantitative estimate of drug-likeness (QED) is 0.588. The van der Waals surface area contributed by atoms with Gasteiger partial charge in [-0.25, -0.2) is 8.42 Å². The highest BCUT2D eigenvalue weighted by Gasteiger charge is 2.16. The zero-order valence-electron chi connectivity index (χ0n) is 13.7. The van der Waals surface area contributed by atoms with E-state index in [1.54, 1.807) is 12.1 Å². The number of Topliss-reactive ketones (excluding diaryl/α,β-unsaturated/α-hetero) is 1. The molecule has 1 amide bonds. The lowest BCUT2D eigenvalue weighted by atomic mass is 10.1. The van der Waals surface area contributed by atoms with E-state index in [9.17, 15) is 18.0 Å².